The van der Waals surface area contributed by atoms with E-state index < -0.39 is 0 Å². The van der Waals surface area contributed by atoms with Gasteiger partial charge in [-0.05, 0) is 54.8 Å². The van der Waals surface area contributed by atoms with Crippen molar-refractivity contribution in [2.45, 2.75) is 19.4 Å². The van der Waals surface area contributed by atoms with Gasteiger partial charge >= 0.3 is 0 Å². The summed E-state index contributed by atoms with van der Waals surface area (Å²) >= 11 is 0. The number of ether oxygens (including phenoxy) is 2. The summed E-state index contributed by atoms with van der Waals surface area (Å²) < 4.78 is 11.1. The third-order valence-corrected chi connectivity index (χ3v) is 5.87. The van der Waals surface area contributed by atoms with Crippen molar-refractivity contribution >= 4 is 17.5 Å². The summed E-state index contributed by atoms with van der Waals surface area (Å²) in [6, 6.07) is 24.5. The first-order valence-electron chi connectivity index (χ1n) is 11.1. The van der Waals surface area contributed by atoms with Gasteiger partial charge in [0.1, 0.15) is 18.1 Å². The van der Waals surface area contributed by atoms with Crippen LogP contribution in [0.25, 0.3) is 0 Å². The predicted octanol–water partition coefficient (Wildman–Crippen LogP) is 4.77. The molecule has 3 aromatic rings. The van der Waals surface area contributed by atoms with E-state index in [0.717, 1.165) is 11.3 Å². The molecule has 1 N–H and O–H groups in total. The van der Waals surface area contributed by atoms with Gasteiger partial charge in [-0.3, -0.25) is 9.59 Å². The van der Waals surface area contributed by atoms with Gasteiger partial charge in [0.15, 0.2) is 0 Å². The molecule has 0 bridgehead atoms. The summed E-state index contributed by atoms with van der Waals surface area (Å²) in [5.41, 5.74) is 2.32. The highest BCUT2D eigenvalue weighted by Crippen LogP contribution is 2.26. The van der Waals surface area contributed by atoms with Crippen LogP contribution in [0.4, 0.5) is 5.69 Å². The summed E-state index contributed by atoms with van der Waals surface area (Å²) in [5.74, 6) is 1.28. The van der Waals surface area contributed by atoms with Crippen LogP contribution in [0.15, 0.2) is 78.9 Å². The molecule has 33 heavy (non-hydrogen) atoms. The lowest BCUT2D eigenvalue weighted by atomic mass is 9.95. The largest absolute Gasteiger partial charge is 0.495 e. The number of likely N-dealkylation sites (tertiary alicyclic amines) is 1. The van der Waals surface area contributed by atoms with Crippen LogP contribution in [0.5, 0.6) is 11.5 Å². The Hall–Kier alpha value is -3.80. The van der Waals surface area contributed by atoms with Crippen LogP contribution in [0.1, 0.15) is 28.8 Å². The van der Waals surface area contributed by atoms with Crippen molar-refractivity contribution in [2.24, 2.45) is 5.92 Å². The fraction of sp³-hybridized carbons (Fsp3) is 0.259. The minimum atomic E-state index is -0.128. The molecule has 1 fully saturated rings. The molecule has 0 spiro atoms. The van der Waals surface area contributed by atoms with Crippen molar-refractivity contribution in [2.75, 3.05) is 25.5 Å². The van der Waals surface area contributed by atoms with Gasteiger partial charge in [-0.15, -0.1) is 0 Å². The first-order chi connectivity index (χ1) is 16.1. The van der Waals surface area contributed by atoms with E-state index in [2.05, 4.69) is 5.32 Å². The highest BCUT2D eigenvalue weighted by Gasteiger charge is 2.28. The van der Waals surface area contributed by atoms with Crippen molar-refractivity contribution in [1.29, 1.82) is 0 Å². The van der Waals surface area contributed by atoms with E-state index in [0.29, 0.717) is 49.5 Å². The number of amides is 2. The number of benzene rings is 3. The van der Waals surface area contributed by atoms with Crippen molar-refractivity contribution in [3.8, 4) is 11.5 Å². The minimum Gasteiger partial charge on any atom is -0.495 e. The predicted molar refractivity (Wildman–Crippen MR) is 127 cm³/mol. The van der Waals surface area contributed by atoms with Crippen molar-refractivity contribution in [3.63, 3.8) is 0 Å². The second kappa shape index (κ2) is 10.7. The number of nitrogens with one attached hydrogen (secondary N) is 1. The van der Waals surface area contributed by atoms with E-state index in [9.17, 15) is 9.59 Å². The maximum absolute atomic E-state index is 12.9. The lowest BCUT2D eigenvalue weighted by Crippen LogP contribution is -2.41. The summed E-state index contributed by atoms with van der Waals surface area (Å²) in [6.07, 6.45) is 1.27. The fourth-order valence-corrected chi connectivity index (χ4v) is 3.94. The number of carbonyl (C=O) groups is 2. The normalized spacial score (nSPS) is 13.9. The number of piperidine rings is 1. The number of methoxy groups -OCH3 is 1. The average Bonchev–Trinajstić information content (AvgIpc) is 2.88. The molecule has 0 atom stereocenters. The number of hydrogen-bond acceptors (Lipinski definition) is 4. The lowest BCUT2D eigenvalue weighted by Gasteiger charge is -2.31. The smallest absolute Gasteiger partial charge is 0.253 e. The molecule has 1 aliphatic rings. The Balaban J connectivity index is 1.27. The lowest BCUT2D eigenvalue weighted by molar-refractivity contribution is -0.121. The van der Waals surface area contributed by atoms with Gasteiger partial charge in [0, 0.05) is 24.6 Å². The molecule has 1 aliphatic heterocycles. The second-order valence-corrected chi connectivity index (χ2v) is 8.05. The Morgan fingerprint density at radius 3 is 2.27 bits per heavy atom. The van der Waals surface area contributed by atoms with E-state index in [1.807, 2.05) is 83.8 Å². The molecular weight excluding hydrogens is 416 g/mol. The number of anilines is 1. The van der Waals surface area contributed by atoms with Crippen LogP contribution in [0, 0.1) is 5.92 Å². The second-order valence-electron chi connectivity index (χ2n) is 8.05. The number of carbonyl (C=O) groups excluding carboxylic acids is 2. The SMILES string of the molecule is COc1ccccc1NC(=O)C1CCN(C(=O)c2ccc(COc3ccccc3)cc2)CC1. The van der Waals surface area contributed by atoms with Crippen LogP contribution in [-0.2, 0) is 11.4 Å². The molecule has 1 heterocycles. The van der Waals surface area contributed by atoms with Crippen molar-refractivity contribution < 1.29 is 19.1 Å². The molecule has 0 unspecified atom stereocenters. The van der Waals surface area contributed by atoms with E-state index in [-0.39, 0.29) is 17.7 Å². The number of para-hydroxylation sites is 3. The highest BCUT2D eigenvalue weighted by molar-refractivity contribution is 5.96. The third-order valence-electron chi connectivity index (χ3n) is 5.87. The van der Waals surface area contributed by atoms with Crippen LogP contribution in [0.2, 0.25) is 0 Å². The van der Waals surface area contributed by atoms with Gasteiger partial charge in [-0.1, -0.05) is 42.5 Å². The first-order valence-corrected chi connectivity index (χ1v) is 11.1. The molecule has 0 aromatic heterocycles. The molecule has 0 aliphatic carbocycles. The van der Waals surface area contributed by atoms with Gasteiger partial charge in [-0.25, -0.2) is 0 Å². The summed E-state index contributed by atoms with van der Waals surface area (Å²) in [5, 5.41) is 2.96. The monoisotopic (exact) mass is 444 g/mol. The van der Waals surface area contributed by atoms with Crippen molar-refractivity contribution in [1.82, 2.24) is 4.90 Å². The third kappa shape index (κ3) is 5.71. The molecule has 6 heteroatoms. The molecule has 6 nitrogen and oxygen atoms in total. The van der Waals surface area contributed by atoms with E-state index in [1.165, 1.54) is 0 Å². The Morgan fingerprint density at radius 1 is 0.909 bits per heavy atom. The zero-order valence-electron chi connectivity index (χ0n) is 18.7. The Labute approximate surface area is 194 Å². The van der Waals surface area contributed by atoms with Crippen LogP contribution in [-0.4, -0.2) is 36.9 Å². The Bertz CT molecular complexity index is 1070. The molecule has 4 rings (SSSR count). The van der Waals surface area contributed by atoms with E-state index in [1.54, 1.807) is 7.11 Å². The molecule has 1 saturated heterocycles. The van der Waals surface area contributed by atoms with E-state index in [4.69, 9.17) is 9.47 Å². The highest BCUT2D eigenvalue weighted by atomic mass is 16.5. The van der Waals surface area contributed by atoms with Gasteiger partial charge in [0.05, 0.1) is 12.8 Å². The van der Waals surface area contributed by atoms with Gasteiger partial charge in [0.25, 0.3) is 5.91 Å². The summed E-state index contributed by atoms with van der Waals surface area (Å²) in [4.78, 5) is 27.4. The van der Waals surface area contributed by atoms with Gasteiger partial charge in [-0.2, -0.15) is 0 Å². The molecule has 2 amide bonds. The first kappa shape index (κ1) is 22.4. The molecule has 3 aromatic carbocycles. The molecule has 0 radical (unpaired) electrons. The Kier molecular flexibility index (Phi) is 7.25. The molecular formula is C27H28N2O4. The van der Waals surface area contributed by atoms with Crippen LogP contribution < -0.4 is 14.8 Å². The molecule has 170 valence electrons. The molecule has 0 saturated carbocycles. The maximum Gasteiger partial charge on any atom is 0.253 e. The standard InChI is InChI=1S/C27H28N2O4/c1-32-25-10-6-5-9-24(25)28-26(30)21-15-17-29(18-16-21)27(31)22-13-11-20(12-14-22)19-33-23-7-3-2-4-8-23/h2-14,21H,15-19H2,1H3,(H,28,30). The van der Waals surface area contributed by atoms with Gasteiger partial charge < -0.3 is 19.7 Å². The maximum atomic E-state index is 12.9. The van der Waals surface area contributed by atoms with Gasteiger partial charge in [0.2, 0.25) is 5.91 Å². The zero-order valence-corrected chi connectivity index (χ0v) is 18.7. The fourth-order valence-electron chi connectivity index (χ4n) is 3.94. The quantitative estimate of drug-likeness (QED) is 0.570. The summed E-state index contributed by atoms with van der Waals surface area (Å²) in [6.45, 7) is 1.56. The average molecular weight is 445 g/mol. The van der Waals surface area contributed by atoms with E-state index >= 15 is 0 Å². The number of hydrogen-bond donors (Lipinski definition) is 1. The number of rotatable bonds is 7. The minimum absolute atomic E-state index is 0.00545. The summed E-state index contributed by atoms with van der Waals surface area (Å²) in [7, 11) is 1.58. The Morgan fingerprint density at radius 2 is 1.58 bits per heavy atom. The topological polar surface area (TPSA) is 67.9 Å². The van der Waals surface area contributed by atoms with Crippen LogP contribution >= 0.6 is 0 Å². The van der Waals surface area contributed by atoms with Crippen molar-refractivity contribution in [3.05, 3.63) is 90.0 Å². The number of nitrogens with zero attached hydrogens (tertiary/aromatic N) is 1. The zero-order chi connectivity index (χ0) is 23.0. The van der Waals surface area contributed by atoms with Crippen LogP contribution in [0.3, 0.4) is 0 Å².